The number of likely N-dealkylation sites (tertiary alicyclic amines) is 1. The zero-order valence-corrected chi connectivity index (χ0v) is 13.7. The van der Waals surface area contributed by atoms with E-state index in [1.807, 2.05) is 6.07 Å². The third-order valence-corrected chi connectivity index (χ3v) is 4.61. The first-order valence-electron chi connectivity index (χ1n) is 8.43. The lowest BCUT2D eigenvalue weighted by molar-refractivity contribution is 0.190. The molecule has 2 aromatic carbocycles. The van der Waals surface area contributed by atoms with Crippen LogP contribution in [0.25, 0.3) is 0 Å². The summed E-state index contributed by atoms with van der Waals surface area (Å²) < 4.78 is 13.4. The summed E-state index contributed by atoms with van der Waals surface area (Å²) in [5, 5.41) is 12.6. The molecular weight excluding hydrogens is 301 g/mol. The molecule has 0 aromatic heterocycles. The Morgan fingerprint density at radius 3 is 2.58 bits per heavy atom. The molecule has 3 nitrogen and oxygen atoms in total. The van der Waals surface area contributed by atoms with Crippen LogP contribution in [-0.2, 0) is 13.1 Å². The molecule has 1 aliphatic heterocycles. The van der Waals surface area contributed by atoms with Crippen LogP contribution in [0.1, 0.15) is 29.5 Å². The van der Waals surface area contributed by atoms with Gasteiger partial charge < -0.3 is 5.32 Å². The molecule has 124 valence electrons. The average molecular weight is 323 g/mol. The number of hydrogen-bond acceptors (Lipinski definition) is 3. The minimum absolute atomic E-state index is 0.288. The number of halogens is 1. The minimum Gasteiger partial charge on any atom is -0.310 e. The molecule has 0 saturated carbocycles. The lowest BCUT2D eigenvalue weighted by Gasteiger charge is -2.32. The highest BCUT2D eigenvalue weighted by atomic mass is 19.1. The highest BCUT2D eigenvalue weighted by Gasteiger charge is 2.19. The molecule has 3 rings (SSSR count). The average Bonchev–Trinajstić information content (AvgIpc) is 2.62. The Balaban J connectivity index is 1.48. The maximum Gasteiger partial charge on any atom is 0.123 e. The van der Waals surface area contributed by atoms with Gasteiger partial charge in [0.05, 0.1) is 11.6 Å². The SMILES string of the molecule is N#Cc1ccc(F)cc1CNC1CCN(Cc2ccccc2)CC1. The first kappa shape index (κ1) is 16.6. The summed E-state index contributed by atoms with van der Waals surface area (Å²) in [5.41, 5.74) is 2.64. The van der Waals surface area contributed by atoms with E-state index >= 15 is 0 Å². The van der Waals surface area contributed by atoms with Crippen LogP contribution in [0.3, 0.4) is 0 Å². The zero-order valence-electron chi connectivity index (χ0n) is 13.7. The first-order valence-corrected chi connectivity index (χ1v) is 8.43. The summed E-state index contributed by atoms with van der Waals surface area (Å²) in [6, 6.07) is 17.4. The van der Waals surface area contributed by atoms with E-state index in [0.29, 0.717) is 18.2 Å². The van der Waals surface area contributed by atoms with Crippen LogP contribution in [-0.4, -0.2) is 24.0 Å². The van der Waals surface area contributed by atoms with Gasteiger partial charge in [0.15, 0.2) is 0 Å². The lowest BCUT2D eigenvalue weighted by atomic mass is 10.0. The molecule has 0 aliphatic carbocycles. The van der Waals surface area contributed by atoms with Crippen molar-refractivity contribution >= 4 is 0 Å². The second-order valence-electron chi connectivity index (χ2n) is 6.33. The third-order valence-electron chi connectivity index (χ3n) is 4.61. The molecule has 0 atom stereocenters. The molecule has 24 heavy (non-hydrogen) atoms. The van der Waals surface area contributed by atoms with Gasteiger partial charge in [-0.1, -0.05) is 30.3 Å². The van der Waals surface area contributed by atoms with Gasteiger partial charge in [-0.05, 0) is 55.3 Å². The van der Waals surface area contributed by atoms with Gasteiger partial charge in [-0.15, -0.1) is 0 Å². The monoisotopic (exact) mass is 323 g/mol. The molecular formula is C20H22FN3. The van der Waals surface area contributed by atoms with Crippen molar-refractivity contribution in [2.24, 2.45) is 0 Å². The Labute approximate surface area is 142 Å². The standard InChI is InChI=1S/C20H22FN3/c21-19-7-6-17(13-22)18(12-19)14-23-20-8-10-24(11-9-20)15-16-4-2-1-3-5-16/h1-7,12,20,23H,8-11,14-15H2. The fourth-order valence-electron chi connectivity index (χ4n) is 3.21. The molecule has 0 amide bonds. The van der Waals surface area contributed by atoms with Crippen molar-refractivity contribution < 1.29 is 4.39 Å². The second kappa shape index (κ2) is 8.05. The molecule has 4 heteroatoms. The van der Waals surface area contributed by atoms with Gasteiger partial charge in [-0.25, -0.2) is 4.39 Å². The summed E-state index contributed by atoms with van der Waals surface area (Å²) in [6.07, 6.45) is 2.15. The molecule has 0 bridgehead atoms. The summed E-state index contributed by atoms with van der Waals surface area (Å²) in [6.45, 7) is 3.65. The molecule has 1 fully saturated rings. The van der Waals surface area contributed by atoms with Crippen molar-refractivity contribution in [2.45, 2.75) is 32.0 Å². The van der Waals surface area contributed by atoms with Crippen LogP contribution < -0.4 is 5.32 Å². The highest BCUT2D eigenvalue weighted by molar-refractivity contribution is 5.37. The number of nitriles is 1. The third kappa shape index (κ3) is 4.41. The largest absolute Gasteiger partial charge is 0.310 e. The Kier molecular flexibility index (Phi) is 5.58. The molecule has 2 aromatic rings. The number of benzene rings is 2. The molecule has 1 heterocycles. The van der Waals surface area contributed by atoms with Crippen molar-refractivity contribution in [3.8, 4) is 6.07 Å². The van der Waals surface area contributed by atoms with Gasteiger partial charge in [-0.2, -0.15) is 5.26 Å². The van der Waals surface area contributed by atoms with Gasteiger partial charge in [0.2, 0.25) is 0 Å². The Bertz CT molecular complexity index is 701. The zero-order chi connectivity index (χ0) is 16.8. The maximum absolute atomic E-state index is 13.4. The topological polar surface area (TPSA) is 39.1 Å². The van der Waals surface area contributed by atoms with Gasteiger partial charge in [0.1, 0.15) is 5.82 Å². The van der Waals surface area contributed by atoms with Gasteiger partial charge in [0, 0.05) is 19.1 Å². The van der Waals surface area contributed by atoms with E-state index < -0.39 is 0 Å². The summed E-state index contributed by atoms with van der Waals surface area (Å²) in [4.78, 5) is 2.47. The van der Waals surface area contributed by atoms with E-state index in [9.17, 15) is 4.39 Å². The normalized spacial score (nSPS) is 16.0. The van der Waals surface area contributed by atoms with Crippen LogP contribution in [0.4, 0.5) is 4.39 Å². The summed E-state index contributed by atoms with van der Waals surface area (Å²) >= 11 is 0. The van der Waals surface area contributed by atoms with E-state index in [0.717, 1.165) is 38.0 Å². The Morgan fingerprint density at radius 2 is 1.88 bits per heavy atom. The van der Waals surface area contributed by atoms with Crippen LogP contribution in [0, 0.1) is 17.1 Å². The van der Waals surface area contributed by atoms with E-state index in [-0.39, 0.29) is 5.82 Å². The Morgan fingerprint density at radius 1 is 1.12 bits per heavy atom. The Hall–Kier alpha value is -2.22. The van der Waals surface area contributed by atoms with Gasteiger partial charge in [0.25, 0.3) is 0 Å². The number of hydrogen-bond donors (Lipinski definition) is 1. The van der Waals surface area contributed by atoms with Crippen molar-refractivity contribution in [1.82, 2.24) is 10.2 Å². The van der Waals surface area contributed by atoms with Gasteiger partial charge in [-0.3, -0.25) is 4.90 Å². The molecule has 0 unspecified atom stereocenters. The lowest BCUT2D eigenvalue weighted by Crippen LogP contribution is -2.41. The number of nitrogens with one attached hydrogen (secondary N) is 1. The summed E-state index contributed by atoms with van der Waals surface area (Å²) in [7, 11) is 0. The fourth-order valence-corrected chi connectivity index (χ4v) is 3.21. The predicted molar refractivity (Wildman–Crippen MR) is 92.7 cm³/mol. The molecule has 1 aliphatic rings. The maximum atomic E-state index is 13.4. The van der Waals surface area contributed by atoms with Crippen molar-refractivity contribution in [3.63, 3.8) is 0 Å². The first-order chi connectivity index (χ1) is 11.7. The van der Waals surface area contributed by atoms with Crippen LogP contribution in [0.5, 0.6) is 0 Å². The molecule has 0 radical (unpaired) electrons. The molecule has 0 spiro atoms. The van der Waals surface area contributed by atoms with Crippen molar-refractivity contribution in [2.75, 3.05) is 13.1 Å². The predicted octanol–water partition coefficient (Wildman–Crippen LogP) is 3.45. The van der Waals surface area contributed by atoms with Crippen LogP contribution in [0.2, 0.25) is 0 Å². The minimum atomic E-state index is -0.288. The van der Waals surface area contributed by atoms with E-state index in [2.05, 4.69) is 40.6 Å². The van der Waals surface area contributed by atoms with Crippen molar-refractivity contribution in [3.05, 3.63) is 71.0 Å². The van der Waals surface area contributed by atoms with E-state index in [1.54, 1.807) is 6.07 Å². The van der Waals surface area contributed by atoms with Crippen LogP contribution >= 0.6 is 0 Å². The fraction of sp³-hybridized carbons (Fsp3) is 0.350. The number of rotatable bonds is 5. The number of piperidine rings is 1. The summed E-state index contributed by atoms with van der Waals surface area (Å²) in [5.74, 6) is -0.288. The second-order valence-corrected chi connectivity index (χ2v) is 6.33. The number of nitrogens with zero attached hydrogens (tertiary/aromatic N) is 2. The molecule has 1 N–H and O–H groups in total. The van der Waals surface area contributed by atoms with Crippen LogP contribution in [0.15, 0.2) is 48.5 Å². The smallest absolute Gasteiger partial charge is 0.123 e. The quantitative estimate of drug-likeness (QED) is 0.916. The van der Waals surface area contributed by atoms with E-state index in [4.69, 9.17) is 5.26 Å². The van der Waals surface area contributed by atoms with E-state index in [1.165, 1.54) is 17.7 Å². The highest BCUT2D eigenvalue weighted by Crippen LogP contribution is 2.16. The molecule has 1 saturated heterocycles. The van der Waals surface area contributed by atoms with Crippen molar-refractivity contribution in [1.29, 1.82) is 5.26 Å². The van der Waals surface area contributed by atoms with Gasteiger partial charge >= 0.3 is 0 Å².